The van der Waals surface area contributed by atoms with Gasteiger partial charge in [0.15, 0.2) is 0 Å². The summed E-state index contributed by atoms with van der Waals surface area (Å²) in [5.41, 5.74) is 5.87. The minimum Gasteiger partial charge on any atom is -0.484 e. The summed E-state index contributed by atoms with van der Waals surface area (Å²) in [4.78, 5) is 1.22. The van der Waals surface area contributed by atoms with E-state index >= 15 is 0 Å². The topological polar surface area (TPSA) is 35.2 Å². The van der Waals surface area contributed by atoms with E-state index in [0.29, 0.717) is 6.54 Å². The molecule has 2 atom stereocenters. The Kier molecular flexibility index (Phi) is 4.23. The Morgan fingerprint density at radius 1 is 1.05 bits per heavy atom. The van der Waals surface area contributed by atoms with Crippen molar-refractivity contribution in [3.8, 4) is 5.75 Å². The number of rotatable bonds is 5. The Hall–Kier alpha value is -1.84. The van der Waals surface area contributed by atoms with Crippen LogP contribution in [0.25, 0.3) is 10.8 Å². The molecule has 21 heavy (non-hydrogen) atoms. The third kappa shape index (κ3) is 2.94. The SMILES string of the molecule is CC(CN)C(Oc1cccc2ccccc12)c1cccs1. The van der Waals surface area contributed by atoms with E-state index in [2.05, 4.69) is 42.6 Å². The van der Waals surface area contributed by atoms with E-state index in [1.165, 1.54) is 10.3 Å². The molecule has 0 aliphatic rings. The van der Waals surface area contributed by atoms with Crippen LogP contribution in [0, 0.1) is 5.92 Å². The molecule has 0 bridgehead atoms. The summed E-state index contributed by atoms with van der Waals surface area (Å²) in [6, 6.07) is 18.7. The van der Waals surface area contributed by atoms with Gasteiger partial charge < -0.3 is 10.5 Å². The van der Waals surface area contributed by atoms with E-state index in [1.807, 2.05) is 24.3 Å². The average Bonchev–Trinajstić information content (AvgIpc) is 3.06. The molecule has 0 aliphatic carbocycles. The molecule has 0 amide bonds. The summed E-state index contributed by atoms with van der Waals surface area (Å²) < 4.78 is 6.36. The molecule has 2 unspecified atom stereocenters. The highest BCUT2D eigenvalue weighted by molar-refractivity contribution is 7.10. The standard InChI is InChI=1S/C18H19NOS/c1-13(12-19)18(17-10-5-11-21-17)20-16-9-4-7-14-6-2-3-8-15(14)16/h2-11,13,18H,12,19H2,1H3. The van der Waals surface area contributed by atoms with Gasteiger partial charge >= 0.3 is 0 Å². The van der Waals surface area contributed by atoms with Gasteiger partial charge in [0, 0.05) is 16.2 Å². The van der Waals surface area contributed by atoms with Crippen molar-refractivity contribution < 1.29 is 4.74 Å². The first-order chi connectivity index (χ1) is 10.3. The van der Waals surface area contributed by atoms with Gasteiger partial charge in [-0.15, -0.1) is 11.3 Å². The number of nitrogens with two attached hydrogens (primary N) is 1. The lowest BCUT2D eigenvalue weighted by atomic mass is 10.0. The Balaban J connectivity index is 1.98. The van der Waals surface area contributed by atoms with Gasteiger partial charge in [-0.05, 0) is 29.4 Å². The molecule has 0 saturated carbocycles. The predicted octanol–water partition coefficient (Wildman–Crippen LogP) is 4.62. The largest absolute Gasteiger partial charge is 0.484 e. The lowest BCUT2D eigenvalue weighted by Crippen LogP contribution is -2.22. The molecular formula is C18H19NOS. The number of thiophene rings is 1. The van der Waals surface area contributed by atoms with Gasteiger partial charge in [0.2, 0.25) is 0 Å². The van der Waals surface area contributed by atoms with E-state index in [9.17, 15) is 0 Å². The molecule has 3 aromatic rings. The van der Waals surface area contributed by atoms with Crippen molar-refractivity contribution in [2.24, 2.45) is 11.7 Å². The zero-order valence-corrected chi connectivity index (χ0v) is 12.8. The van der Waals surface area contributed by atoms with E-state index < -0.39 is 0 Å². The van der Waals surface area contributed by atoms with E-state index in [0.717, 1.165) is 11.1 Å². The van der Waals surface area contributed by atoms with E-state index in [-0.39, 0.29) is 12.0 Å². The second-order valence-electron chi connectivity index (χ2n) is 5.24. The van der Waals surface area contributed by atoms with Crippen molar-refractivity contribution in [3.63, 3.8) is 0 Å². The molecule has 0 spiro atoms. The van der Waals surface area contributed by atoms with Crippen molar-refractivity contribution in [1.82, 2.24) is 0 Å². The normalized spacial score (nSPS) is 14.0. The smallest absolute Gasteiger partial charge is 0.137 e. The van der Waals surface area contributed by atoms with Gasteiger partial charge in [0.05, 0.1) is 0 Å². The first-order valence-electron chi connectivity index (χ1n) is 7.17. The van der Waals surface area contributed by atoms with Crippen LogP contribution in [0.4, 0.5) is 0 Å². The molecule has 0 saturated heterocycles. The van der Waals surface area contributed by atoms with E-state index in [4.69, 9.17) is 10.5 Å². The molecule has 3 rings (SSSR count). The van der Waals surface area contributed by atoms with Crippen molar-refractivity contribution in [2.45, 2.75) is 13.0 Å². The molecule has 2 aromatic carbocycles. The maximum atomic E-state index is 6.36. The van der Waals surface area contributed by atoms with Crippen LogP contribution in [0.15, 0.2) is 60.0 Å². The Labute approximate surface area is 129 Å². The van der Waals surface area contributed by atoms with Crippen molar-refractivity contribution >= 4 is 22.1 Å². The number of ether oxygens (including phenoxy) is 1. The van der Waals surface area contributed by atoms with Crippen molar-refractivity contribution in [2.75, 3.05) is 6.54 Å². The minimum atomic E-state index is 0.000746. The zero-order chi connectivity index (χ0) is 14.7. The lowest BCUT2D eigenvalue weighted by Gasteiger charge is -2.24. The van der Waals surface area contributed by atoms with Crippen LogP contribution < -0.4 is 10.5 Å². The first-order valence-corrected chi connectivity index (χ1v) is 8.05. The highest BCUT2D eigenvalue weighted by Gasteiger charge is 2.22. The van der Waals surface area contributed by atoms with Crippen molar-refractivity contribution in [3.05, 3.63) is 64.9 Å². The second-order valence-corrected chi connectivity index (χ2v) is 6.22. The number of hydrogen-bond acceptors (Lipinski definition) is 3. The number of fused-ring (bicyclic) bond motifs is 1. The second kappa shape index (κ2) is 6.29. The highest BCUT2D eigenvalue weighted by atomic mass is 32.1. The van der Waals surface area contributed by atoms with Crippen LogP contribution >= 0.6 is 11.3 Å². The lowest BCUT2D eigenvalue weighted by molar-refractivity contribution is 0.154. The molecule has 0 fully saturated rings. The summed E-state index contributed by atoms with van der Waals surface area (Å²) in [5.74, 6) is 1.19. The molecule has 1 heterocycles. The maximum Gasteiger partial charge on any atom is 0.137 e. The monoisotopic (exact) mass is 297 g/mol. The Bertz CT molecular complexity index is 703. The molecule has 3 heteroatoms. The van der Waals surface area contributed by atoms with Crippen molar-refractivity contribution in [1.29, 1.82) is 0 Å². The summed E-state index contributed by atoms with van der Waals surface area (Å²) in [6.45, 7) is 2.74. The quantitative estimate of drug-likeness (QED) is 0.746. The predicted molar refractivity (Wildman–Crippen MR) is 89.9 cm³/mol. The molecule has 1 aromatic heterocycles. The summed E-state index contributed by atoms with van der Waals surface area (Å²) in [6.07, 6.45) is 0.000746. The summed E-state index contributed by atoms with van der Waals surface area (Å²) in [7, 11) is 0. The highest BCUT2D eigenvalue weighted by Crippen LogP contribution is 2.34. The van der Waals surface area contributed by atoms with E-state index in [1.54, 1.807) is 11.3 Å². The summed E-state index contributed by atoms with van der Waals surface area (Å²) >= 11 is 1.72. The van der Waals surface area contributed by atoms with Gasteiger partial charge in [0.1, 0.15) is 11.9 Å². The molecule has 108 valence electrons. The number of hydrogen-bond donors (Lipinski definition) is 1. The maximum absolute atomic E-state index is 6.36. The fraction of sp³-hybridized carbons (Fsp3) is 0.222. The Morgan fingerprint density at radius 2 is 1.86 bits per heavy atom. The summed E-state index contributed by atoms with van der Waals surface area (Å²) in [5, 5.41) is 4.42. The van der Waals surface area contributed by atoms with Gasteiger partial charge in [-0.1, -0.05) is 49.4 Å². The van der Waals surface area contributed by atoms with Crippen LogP contribution in [0.3, 0.4) is 0 Å². The van der Waals surface area contributed by atoms with Gasteiger partial charge in [-0.2, -0.15) is 0 Å². The zero-order valence-electron chi connectivity index (χ0n) is 12.0. The molecular weight excluding hydrogens is 278 g/mol. The number of benzene rings is 2. The fourth-order valence-corrected chi connectivity index (χ4v) is 3.35. The van der Waals surface area contributed by atoms with Gasteiger partial charge in [-0.3, -0.25) is 0 Å². The molecule has 0 radical (unpaired) electrons. The van der Waals surface area contributed by atoms with Crippen LogP contribution in [0.1, 0.15) is 17.9 Å². The van der Waals surface area contributed by atoms with Crippen LogP contribution in [0.2, 0.25) is 0 Å². The average molecular weight is 297 g/mol. The third-order valence-electron chi connectivity index (χ3n) is 3.72. The van der Waals surface area contributed by atoms with Crippen LogP contribution in [0.5, 0.6) is 5.75 Å². The fourth-order valence-electron chi connectivity index (χ4n) is 2.47. The minimum absolute atomic E-state index is 0.000746. The van der Waals surface area contributed by atoms with Gasteiger partial charge in [0.25, 0.3) is 0 Å². The molecule has 2 nitrogen and oxygen atoms in total. The van der Waals surface area contributed by atoms with Crippen LogP contribution in [-0.2, 0) is 0 Å². The molecule has 0 aliphatic heterocycles. The Morgan fingerprint density at radius 3 is 2.62 bits per heavy atom. The molecule has 2 N–H and O–H groups in total. The van der Waals surface area contributed by atoms with Crippen LogP contribution in [-0.4, -0.2) is 6.54 Å². The van der Waals surface area contributed by atoms with Gasteiger partial charge in [-0.25, -0.2) is 0 Å². The third-order valence-corrected chi connectivity index (χ3v) is 4.65. The first kappa shape index (κ1) is 14.1.